The minimum atomic E-state index is -3.81. The Morgan fingerprint density at radius 2 is 1.50 bits per heavy atom. The summed E-state index contributed by atoms with van der Waals surface area (Å²) < 4.78 is 34.5. The maximum atomic E-state index is 10.4. The molecule has 1 N–H and O–H groups in total. The van der Waals surface area contributed by atoms with Crippen molar-refractivity contribution in [3.8, 4) is 0 Å². The number of rotatable bonds is 11. The first kappa shape index (κ1) is 15.9. The van der Waals surface area contributed by atoms with Crippen LogP contribution in [0.25, 0.3) is 0 Å². The molecular weight excluding hydrogens is 228 g/mol. The fourth-order valence-electron chi connectivity index (χ4n) is 1.43. The number of ether oxygens (including phenoxy) is 1. The molecule has 5 heteroatoms. The normalized spacial score (nSPS) is 11.9. The Hall–Kier alpha value is -0.130. The molecular formula is C11H24O4S. The monoisotopic (exact) mass is 252 g/mol. The van der Waals surface area contributed by atoms with Gasteiger partial charge in [0, 0.05) is 13.2 Å². The topological polar surface area (TPSA) is 63.6 Å². The van der Waals surface area contributed by atoms with Gasteiger partial charge in [-0.1, -0.05) is 39.0 Å². The lowest BCUT2D eigenvalue weighted by Gasteiger charge is -2.03. The summed E-state index contributed by atoms with van der Waals surface area (Å²) in [6, 6.07) is 0. The van der Waals surface area contributed by atoms with Crippen molar-refractivity contribution in [3.05, 3.63) is 0 Å². The standard InChI is InChI=1S/C11H24O4S/c1-2-3-4-5-6-7-9-15-10-8-11-16(12,13)14/h2-11H2,1H3,(H,12,13,14). The summed E-state index contributed by atoms with van der Waals surface area (Å²) in [6.07, 6.45) is 7.69. The van der Waals surface area contributed by atoms with Crippen molar-refractivity contribution in [1.82, 2.24) is 0 Å². The van der Waals surface area contributed by atoms with E-state index in [1.807, 2.05) is 0 Å². The summed E-state index contributed by atoms with van der Waals surface area (Å²) >= 11 is 0. The van der Waals surface area contributed by atoms with Crippen molar-refractivity contribution in [2.75, 3.05) is 19.0 Å². The maximum Gasteiger partial charge on any atom is 0.264 e. The van der Waals surface area contributed by atoms with Crippen molar-refractivity contribution in [1.29, 1.82) is 0 Å². The molecule has 0 aromatic rings. The zero-order valence-electron chi connectivity index (χ0n) is 10.2. The number of hydrogen-bond donors (Lipinski definition) is 1. The van der Waals surface area contributed by atoms with Crippen LogP contribution in [0.2, 0.25) is 0 Å². The molecule has 0 aromatic heterocycles. The van der Waals surface area contributed by atoms with Gasteiger partial charge < -0.3 is 4.74 Å². The molecule has 0 aliphatic carbocycles. The van der Waals surface area contributed by atoms with Gasteiger partial charge >= 0.3 is 0 Å². The molecule has 0 saturated carbocycles. The fraction of sp³-hybridized carbons (Fsp3) is 1.00. The Balaban J connectivity index is 3.05. The van der Waals surface area contributed by atoms with Crippen molar-refractivity contribution < 1.29 is 17.7 Å². The molecule has 0 aliphatic heterocycles. The molecule has 0 radical (unpaired) electrons. The van der Waals surface area contributed by atoms with Gasteiger partial charge in [-0.3, -0.25) is 4.55 Å². The Kier molecular flexibility index (Phi) is 9.97. The molecule has 98 valence electrons. The second kappa shape index (κ2) is 10.1. The van der Waals surface area contributed by atoms with Gasteiger partial charge in [0.15, 0.2) is 0 Å². The molecule has 0 unspecified atom stereocenters. The van der Waals surface area contributed by atoms with E-state index in [-0.39, 0.29) is 5.75 Å². The zero-order valence-corrected chi connectivity index (χ0v) is 11.0. The lowest BCUT2D eigenvalue weighted by Crippen LogP contribution is -2.07. The predicted octanol–water partition coefficient (Wildman–Crippen LogP) is 2.64. The third kappa shape index (κ3) is 13.9. The quantitative estimate of drug-likeness (QED) is 0.453. The molecule has 0 bridgehead atoms. The van der Waals surface area contributed by atoms with Crippen LogP contribution in [0, 0.1) is 0 Å². The van der Waals surface area contributed by atoms with Gasteiger partial charge in [0.1, 0.15) is 0 Å². The smallest absolute Gasteiger partial charge is 0.264 e. The first-order chi connectivity index (χ1) is 7.56. The number of hydrogen-bond acceptors (Lipinski definition) is 3. The van der Waals surface area contributed by atoms with Crippen LogP contribution in [0.5, 0.6) is 0 Å². The lowest BCUT2D eigenvalue weighted by molar-refractivity contribution is 0.130. The minimum Gasteiger partial charge on any atom is -0.381 e. The molecule has 0 rings (SSSR count). The zero-order chi connectivity index (χ0) is 12.3. The number of unbranched alkanes of at least 4 members (excludes halogenated alkanes) is 5. The van der Waals surface area contributed by atoms with Crippen molar-refractivity contribution >= 4 is 10.1 Å². The third-order valence-electron chi connectivity index (χ3n) is 2.33. The second-order valence-corrected chi connectivity index (χ2v) is 5.59. The lowest BCUT2D eigenvalue weighted by atomic mass is 10.1. The molecule has 0 aromatic carbocycles. The van der Waals surface area contributed by atoms with Crippen LogP contribution in [0.3, 0.4) is 0 Å². The van der Waals surface area contributed by atoms with Crippen LogP contribution in [-0.4, -0.2) is 31.9 Å². The van der Waals surface area contributed by atoms with E-state index < -0.39 is 10.1 Å². The molecule has 0 amide bonds. The van der Waals surface area contributed by atoms with E-state index in [9.17, 15) is 8.42 Å². The molecule has 0 aliphatic rings. The van der Waals surface area contributed by atoms with E-state index in [1.165, 1.54) is 32.1 Å². The highest BCUT2D eigenvalue weighted by Gasteiger charge is 2.02. The van der Waals surface area contributed by atoms with Crippen LogP contribution in [0.15, 0.2) is 0 Å². The summed E-state index contributed by atoms with van der Waals surface area (Å²) in [5.74, 6) is -0.205. The Morgan fingerprint density at radius 1 is 0.938 bits per heavy atom. The summed E-state index contributed by atoms with van der Waals surface area (Å²) in [4.78, 5) is 0. The van der Waals surface area contributed by atoms with E-state index in [0.717, 1.165) is 6.42 Å². The van der Waals surface area contributed by atoms with Gasteiger partial charge in [-0.2, -0.15) is 8.42 Å². The second-order valence-electron chi connectivity index (χ2n) is 4.02. The van der Waals surface area contributed by atoms with E-state index in [0.29, 0.717) is 19.6 Å². The van der Waals surface area contributed by atoms with E-state index >= 15 is 0 Å². The molecule has 0 atom stereocenters. The largest absolute Gasteiger partial charge is 0.381 e. The Bertz CT molecular complexity index is 236. The average molecular weight is 252 g/mol. The van der Waals surface area contributed by atoms with Gasteiger partial charge in [-0.05, 0) is 12.8 Å². The van der Waals surface area contributed by atoms with Crippen molar-refractivity contribution in [3.63, 3.8) is 0 Å². The molecule has 0 heterocycles. The maximum absolute atomic E-state index is 10.4. The third-order valence-corrected chi connectivity index (χ3v) is 3.14. The first-order valence-corrected chi connectivity index (χ1v) is 7.70. The van der Waals surface area contributed by atoms with Gasteiger partial charge in [0.05, 0.1) is 5.75 Å². The van der Waals surface area contributed by atoms with E-state index in [2.05, 4.69) is 6.92 Å². The van der Waals surface area contributed by atoms with Crippen LogP contribution in [0.4, 0.5) is 0 Å². The van der Waals surface area contributed by atoms with Crippen LogP contribution in [-0.2, 0) is 14.9 Å². The van der Waals surface area contributed by atoms with Crippen molar-refractivity contribution in [2.24, 2.45) is 0 Å². The highest BCUT2D eigenvalue weighted by molar-refractivity contribution is 7.85. The Labute approximate surface area is 99.1 Å². The SMILES string of the molecule is CCCCCCCCOCCCS(=O)(=O)O. The van der Waals surface area contributed by atoms with E-state index in [1.54, 1.807) is 0 Å². The van der Waals surface area contributed by atoms with Gasteiger partial charge in [0.25, 0.3) is 10.1 Å². The minimum absolute atomic E-state index is 0.205. The molecule has 0 fully saturated rings. The molecule has 0 saturated heterocycles. The summed E-state index contributed by atoms with van der Waals surface area (Å²) in [6.45, 7) is 3.30. The van der Waals surface area contributed by atoms with Crippen LogP contribution < -0.4 is 0 Å². The van der Waals surface area contributed by atoms with Gasteiger partial charge in [0.2, 0.25) is 0 Å². The summed E-state index contributed by atoms with van der Waals surface area (Å²) in [5, 5.41) is 0. The van der Waals surface area contributed by atoms with Gasteiger partial charge in [-0.15, -0.1) is 0 Å². The molecule has 16 heavy (non-hydrogen) atoms. The molecule has 0 spiro atoms. The summed E-state index contributed by atoms with van der Waals surface area (Å²) in [5.41, 5.74) is 0. The van der Waals surface area contributed by atoms with Crippen LogP contribution in [0.1, 0.15) is 51.9 Å². The van der Waals surface area contributed by atoms with Crippen LogP contribution >= 0.6 is 0 Å². The predicted molar refractivity (Wildman–Crippen MR) is 65.2 cm³/mol. The Morgan fingerprint density at radius 3 is 2.12 bits per heavy atom. The fourth-order valence-corrected chi connectivity index (χ4v) is 1.91. The average Bonchev–Trinajstić information content (AvgIpc) is 2.19. The van der Waals surface area contributed by atoms with E-state index in [4.69, 9.17) is 9.29 Å². The molecule has 4 nitrogen and oxygen atoms in total. The highest BCUT2D eigenvalue weighted by atomic mass is 32.2. The summed E-state index contributed by atoms with van der Waals surface area (Å²) in [7, 11) is -3.81. The van der Waals surface area contributed by atoms with Crippen molar-refractivity contribution in [2.45, 2.75) is 51.9 Å². The highest BCUT2D eigenvalue weighted by Crippen LogP contribution is 2.04. The first-order valence-electron chi connectivity index (χ1n) is 6.09. The van der Waals surface area contributed by atoms with Gasteiger partial charge in [-0.25, -0.2) is 0 Å².